The Morgan fingerprint density at radius 1 is 1.52 bits per heavy atom. The molecule has 0 bridgehead atoms. The van der Waals surface area contributed by atoms with E-state index in [1.54, 1.807) is 25.1 Å². The Hall–Kier alpha value is -2.07. The molecule has 1 aliphatic heterocycles. The molecule has 0 radical (unpaired) electrons. The quantitative estimate of drug-likeness (QED) is 0.880. The van der Waals surface area contributed by atoms with Gasteiger partial charge in [0.15, 0.2) is 16.4 Å². The highest BCUT2D eigenvalue weighted by atomic mass is 32.2. The summed E-state index contributed by atoms with van der Waals surface area (Å²) in [5.41, 5.74) is -0.282. The Labute approximate surface area is 123 Å². The smallest absolute Gasteiger partial charge is 0.258 e. The molecule has 0 saturated carbocycles. The maximum Gasteiger partial charge on any atom is 0.258 e. The lowest BCUT2D eigenvalue weighted by Crippen LogP contribution is -2.48. The number of nitrogens with one attached hydrogen (secondary N) is 1. The molecule has 0 unspecified atom stereocenters. The summed E-state index contributed by atoms with van der Waals surface area (Å²) in [5.74, 6) is 0.0928. The van der Waals surface area contributed by atoms with Gasteiger partial charge in [0.05, 0.1) is 28.7 Å². The van der Waals surface area contributed by atoms with Crippen LogP contribution in [0.15, 0.2) is 24.3 Å². The minimum absolute atomic E-state index is 0.0460. The van der Waals surface area contributed by atoms with Gasteiger partial charge in [-0.3, -0.25) is 4.79 Å². The van der Waals surface area contributed by atoms with Crippen molar-refractivity contribution in [1.29, 1.82) is 5.26 Å². The van der Waals surface area contributed by atoms with Crippen molar-refractivity contribution >= 4 is 15.7 Å². The van der Waals surface area contributed by atoms with Gasteiger partial charge in [0, 0.05) is 0 Å². The van der Waals surface area contributed by atoms with Crippen LogP contribution in [0.3, 0.4) is 0 Å². The van der Waals surface area contributed by atoms with Crippen LogP contribution in [0, 0.1) is 11.3 Å². The number of nitriles is 1. The van der Waals surface area contributed by atoms with Gasteiger partial charge in [0.1, 0.15) is 5.75 Å². The number of hydrogen-bond acceptors (Lipinski definition) is 5. The third kappa shape index (κ3) is 4.20. The Bertz CT molecular complexity index is 693. The van der Waals surface area contributed by atoms with Gasteiger partial charge in [-0.05, 0) is 31.5 Å². The summed E-state index contributed by atoms with van der Waals surface area (Å²) in [4.78, 5) is 11.8. The van der Waals surface area contributed by atoms with Crippen molar-refractivity contribution in [2.24, 2.45) is 0 Å². The lowest BCUT2D eigenvalue weighted by atomic mass is 10.0. The molecule has 1 fully saturated rings. The Kier molecular flexibility index (Phi) is 4.19. The van der Waals surface area contributed by atoms with Crippen LogP contribution in [0.2, 0.25) is 0 Å². The molecule has 1 N–H and O–H groups in total. The summed E-state index contributed by atoms with van der Waals surface area (Å²) in [7, 11) is -3.07. The van der Waals surface area contributed by atoms with Crippen molar-refractivity contribution in [2.45, 2.75) is 18.9 Å². The Morgan fingerprint density at radius 2 is 2.29 bits per heavy atom. The zero-order valence-electron chi connectivity index (χ0n) is 11.6. The second kappa shape index (κ2) is 5.74. The molecule has 0 aliphatic carbocycles. The van der Waals surface area contributed by atoms with Gasteiger partial charge in [-0.25, -0.2) is 8.42 Å². The topological polar surface area (TPSA) is 96.3 Å². The van der Waals surface area contributed by atoms with Crippen molar-refractivity contribution in [3.63, 3.8) is 0 Å². The van der Waals surface area contributed by atoms with Crippen LogP contribution in [-0.4, -0.2) is 38.0 Å². The number of ether oxygens (including phenoxy) is 1. The summed E-state index contributed by atoms with van der Waals surface area (Å²) in [5, 5.41) is 11.5. The molecule has 21 heavy (non-hydrogen) atoms. The summed E-state index contributed by atoms with van der Waals surface area (Å²) in [6.45, 7) is 1.50. The molecule has 0 aromatic heterocycles. The van der Waals surface area contributed by atoms with E-state index in [1.165, 1.54) is 6.07 Å². The lowest BCUT2D eigenvalue weighted by molar-refractivity contribution is -0.124. The van der Waals surface area contributed by atoms with Crippen molar-refractivity contribution in [3.05, 3.63) is 29.8 Å². The van der Waals surface area contributed by atoms with Crippen LogP contribution in [0.1, 0.15) is 18.9 Å². The van der Waals surface area contributed by atoms with Crippen LogP contribution >= 0.6 is 0 Å². The first-order valence-electron chi connectivity index (χ1n) is 6.46. The van der Waals surface area contributed by atoms with Crippen molar-refractivity contribution < 1.29 is 17.9 Å². The van der Waals surface area contributed by atoms with Crippen molar-refractivity contribution in [2.75, 3.05) is 18.1 Å². The summed E-state index contributed by atoms with van der Waals surface area (Å²) >= 11 is 0. The highest BCUT2D eigenvalue weighted by Crippen LogP contribution is 2.22. The number of amides is 1. The van der Waals surface area contributed by atoms with E-state index in [4.69, 9.17) is 10.00 Å². The van der Waals surface area contributed by atoms with E-state index in [9.17, 15) is 13.2 Å². The maximum atomic E-state index is 11.8. The number of sulfone groups is 1. The fourth-order valence-electron chi connectivity index (χ4n) is 2.29. The zero-order chi connectivity index (χ0) is 15.5. The first kappa shape index (κ1) is 15.3. The molecular formula is C14H16N2O4S. The van der Waals surface area contributed by atoms with Crippen LogP contribution in [0.4, 0.5) is 0 Å². The summed E-state index contributed by atoms with van der Waals surface area (Å²) in [6, 6.07) is 8.47. The van der Waals surface area contributed by atoms with E-state index in [-0.39, 0.29) is 24.0 Å². The SMILES string of the molecule is C[C@@]1(NC(=O)COc2cccc(C#N)c2)CCS(=O)(=O)C1. The van der Waals surface area contributed by atoms with Gasteiger partial charge in [0.25, 0.3) is 5.91 Å². The standard InChI is InChI=1S/C14H16N2O4S/c1-14(5-6-21(18,19)10-14)16-13(17)9-20-12-4-2-3-11(7-12)8-15/h2-4,7H,5-6,9-10H2,1H3,(H,16,17)/t14-/m1/s1. The fraction of sp³-hybridized carbons (Fsp3) is 0.429. The zero-order valence-corrected chi connectivity index (χ0v) is 12.4. The highest BCUT2D eigenvalue weighted by molar-refractivity contribution is 7.91. The lowest BCUT2D eigenvalue weighted by Gasteiger charge is -2.23. The van der Waals surface area contributed by atoms with Crippen LogP contribution in [0.25, 0.3) is 0 Å². The van der Waals surface area contributed by atoms with Crippen LogP contribution in [0.5, 0.6) is 5.75 Å². The van der Waals surface area contributed by atoms with E-state index in [0.29, 0.717) is 17.7 Å². The highest BCUT2D eigenvalue weighted by Gasteiger charge is 2.39. The molecule has 1 aromatic carbocycles. The number of nitrogens with zero attached hydrogens (tertiary/aromatic N) is 1. The third-order valence-corrected chi connectivity index (χ3v) is 5.18. The van der Waals surface area contributed by atoms with Crippen molar-refractivity contribution in [3.8, 4) is 11.8 Å². The minimum atomic E-state index is -3.07. The second-order valence-corrected chi connectivity index (χ2v) is 7.56. The normalized spacial score (nSPS) is 23.2. The van der Waals surface area contributed by atoms with Crippen LogP contribution in [-0.2, 0) is 14.6 Å². The summed E-state index contributed by atoms with van der Waals surface area (Å²) < 4.78 is 28.2. The van der Waals surface area contributed by atoms with Gasteiger partial charge < -0.3 is 10.1 Å². The van der Waals surface area contributed by atoms with Gasteiger partial charge in [-0.2, -0.15) is 5.26 Å². The molecule has 1 aliphatic rings. The molecule has 7 heteroatoms. The molecule has 112 valence electrons. The van der Waals surface area contributed by atoms with Gasteiger partial charge >= 0.3 is 0 Å². The molecule has 1 saturated heterocycles. The minimum Gasteiger partial charge on any atom is -0.484 e. The molecule has 1 amide bonds. The average molecular weight is 308 g/mol. The first-order valence-corrected chi connectivity index (χ1v) is 8.28. The van der Waals surface area contributed by atoms with Gasteiger partial charge in [-0.15, -0.1) is 0 Å². The second-order valence-electron chi connectivity index (χ2n) is 5.38. The Balaban J connectivity index is 1.89. The van der Waals surface area contributed by atoms with Gasteiger partial charge in [-0.1, -0.05) is 6.07 Å². The molecule has 1 heterocycles. The number of carbonyl (C=O) groups excluding carboxylic acids is 1. The number of carbonyl (C=O) groups is 1. The number of hydrogen-bond donors (Lipinski definition) is 1. The molecular weight excluding hydrogens is 292 g/mol. The third-order valence-electron chi connectivity index (χ3n) is 3.28. The first-order chi connectivity index (χ1) is 9.82. The van der Waals surface area contributed by atoms with Gasteiger partial charge in [0.2, 0.25) is 0 Å². The largest absolute Gasteiger partial charge is 0.484 e. The van der Waals surface area contributed by atoms with E-state index in [0.717, 1.165) is 0 Å². The fourth-order valence-corrected chi connectivity index (χ4v) is 4.38. The van der Waals surface area contributed by atoms with E-state index >= 15 is 0 Å². The number of rotatable bonds is 4. The molecule has 1 atom stereocenters. The predicted octanol–water partition coefficient (Wildman–Crippen LogP) is 0.630. The van der Waals surface area contributed by atoms with Crippen LogP contribution < -0.4 is 10.1 Å². The molecule has 2 rings (SSSR count). The molecule has 6 nitrogen and oxygen atoms in total. The van der Waals surface area contributed by atoms with E-state index in [1.807, 2.05) is 6.07 Å². The maximum absolute atomic E-state index is 11.8. The average Bonchev–Trinajstić information content (AvgIpc) is 2.70. The summed E-state index contributed by atoms with van der Waals surface area (Å²) in [6.07, 6.45) is 0.408. The van der Waals surface area contributed by atoms with E-state index < -0.39 is 15.4 Å². The van der Waals surface area contributed by atoms with Crippen molar-refractivity contribution in [1.82, 2.24) is 5.32 Å². The van der Waals surface area contributed by atoms with E-state index in [2.05, 4.69) is 5.32 Å². The molecule has 0 spiro atoms. The predicted molar refractivity (Wildman–Crippen MR) is 76.5 cm³/mol. The monoisotopic (exact) mass is 308 g/mol. The Morgan fingerprint density at radius 3 is 2.90 bits per heavy atom. The number of benzene rings is 1. The molecule has 1 aromatic rings.